The van der Waals surface area contributed by atoms with Gasteiger partial charge in [-0.05, 0) is 31.6 Å². The van der Waals surface area contributed by atoms with Crippen molar-refractivity contribution in [3.05, 3.63) is 11.9 Å². The highest BCUT2D eigenvalue weighted by Crippen LogP contribution is 2.38. The van der Waals surface area contributed by atoms with Crippen LogP contribution in [0.15, 0.2) is 6.20 Å². The fourth-order valence-electron chi connectivity index (χ4n) is 3.32. The van der Waals surface area contributed by atoms with Gasteiger partial charge in [-0.3, -0.25) is 9.48 Å². The molecule has 5 heteroatoms. The predicted octanol–water partition coefficient (Wildman–Crippen LogP) is 1.36. The summed E-state index contributed by atoms with van der Waals surface area (Å²) in [5.74, 6) is 1.43. The first-order valence-corrected chi connectivity index (χ1v) is 6.81. The minimum Gasteiger partial charge on any atom is -0.396 e. The van der Waals surface area contributed by atoms with E-state index < -0.39 is 0 Å². The van der Waals surface area contributed by atoms with Crippen molar-refractivity contribution in [2.45, 2.75) is 32.7 Å². The summed E-state index contributed by atoms with van der Waals surface area (Å²) in [6.07, 6.45) is 5.61. The second-order valence-corrected chi connectivity index (χ2v) is 5.45. The van der Waals surface area contributed by atoms with Crippen molar-refractivity contribution >= 4 is 11.6 Å². The summed E-state index contributed by atoms with van der Waals surface area (Å²) in [6.45, 7) is 4.51. The van der Waals surface area contributed by atoms with Crippen LogP contribution in [0.5, 0.6) is 0 Å². The smallest absolute Gasteiger partial charge is 0.276 e. The number of rotatable bonds is 2. The van der Waals surface area contributed by atoms with Crippen LogP contribution in [0.1, 0.15) is 36.7 Å². The first kappa shape index (κ1) is 11.6. The molecule has 98 valence electrons. The average molecular weight is 248 g/mol. The van der Waals surface area contributed by atoms with Gasteiger partial charge in [0.2, 0.25) is 0 Å². The van der Waals surface area contributed by atoms with Crippen molar-refractivity contribution in [1.29, 1.82) is 0 Å². The van der Waals surface area contributed by atoms with Gasteiger partial charge >= 0.3 is 0 Å². The van der Waals surface area contributed by atoms with E-state index in [0.29, 0.717) is 23.2 Å². The SMILES string of the molecule is CCn1cc(N)c(C(=O)N2CC3CCCC3C2)n1. The molecule has 1 aliphatic heterocycles. The third-order valence-corrected chi connectivity index (χ3v) is 4.33. The quantitative estimate of drug-likeness (QED) is 0.859. The Balaban J connectivity index is 1.76. The standard InChI is InChI=1S/C13H20N4O/c1-2-17-8-11(14)12(15-17)13(18)16-6-9-4-3-5-10(9)7-16/h8-10H,2-7,14H2,1H3. The van der Waals surface area contributed by atoms with Crippen molar-refractivity contribution in [2.24, 2.45) is 11.8 Å². The third-order valence-electron chi connectivity index (χ3n) is 4.33. The van der Waals surface area contributed by atoms with Gasteiger partial charge in [0.05, 0.1) is 5.69 Å². The molecule has 0 aromatic carbocycles. The third kappa shape index (κ3) is 1.78. The summed E-state index contributed by atoms with van der Waals surface area (Å²) < 4.78 is 1.72. The first-order chi connectivity index (χ1) is 8.69. The number of amides is 1. The molecule has 5 nitrogen and oxygen atoms in total. The van der Waals surface area contributed by atoms with Crippen LogP contribution in [0.4, 0.5) is 5.69 Å². The molecule has 2 aliphatic rings. The van der Waals surface area contributed by atoms with Gasteiger partial charge in [0.15, 0.2) is 5.69 Å². The first-order valence-electron chi connectivity index (χ1n) is 6.81. The second kappa shape index (κ2) is 4.30. The summed E-state index contributed by atoms with van der Waals surface area (Å²) in [7, 11) is 0. The largest absolute Gasteiger partial charge is 0.396 e. The Bertz CT molecular complexity index is 456. The van der Waals surface area contributed by atoms with Gasteiger partial charge in [-0.2, -0.15) is 5.10 Å². The van der Waals surface area contributed by atoms with Gasteiger partial charge in [-0.25, -0.2) is 0 Å². The van der Waals surface area contributed by atoms with Gasteiger partial charge in [0, 0.05) is 25.8 Å². The molecule has 18 heavy (non-hydrogen) atoms. The molecular weight excluding hydrogens is 228 g/mol. The number of nitrogen functional groups attached to an aromatic ring is 1. The molecule has 1 amide bonds. The highest BCUT2D eigenvalue weighted by Gasteiger charge is 2.39. The molecule has 0 bridgehead atoms. The molecule has 3 rings (SSSR count). The van der Waals surface area contributed by atoms with Crippen LogP contribution in [-0.2, 0) is 6.54 Å². The minimum absolute atomic E-state index is 0.00843. The summed E-state index contributed by atoms with van der Waals surface area (Å²) >= 11 is 0. The number of fused-ring (bicyclic) bond motifs is 1. The van der Waals surface area contributed by atoms with Crippen molar-refractivity contribution < 1.29 is 4.79 Å². The molecule has 0 radical (unpaired) electrons. The molecular formula is C13H20N4O. The lowest BCUT2D eigenvalue weighted by molar-refractivity contribution is 0.0775. The molecule has 1 aromatic rings. The molecule has 1 aliphatic carbocycles. The lowest BCUT2D eigenvalue weighted by atomic mass is 10.0. The zero-order valence-corrected chi connectivity index (χ0v) is 10.8. The van der Waals surface area contributed by atoms with E-state index in [4.69, 9.17) is 5.73 Å². The van der Waals surface area contributed by atoms with Crippen LogP contribution in [0, 0.1) is 11.8 Å². The number of carbonyl (C=O) groups is 1. The monoisotopic (exact) mass is 248 g/mol. The van der Waals surface area contributed by atoms with E-state index in [2.05, 4.69) is 5.10 Å². The summed E-state index contributed by atoms with van der Waals surface area (Å²) in [6, 6.07) is 0. The Morgan fingerprint density at radius 3 is 2.67 bits per heavy atom. The molecule has 2 N–H and O–H groups in total. The van der Waals surface area contributed by atoms with Crippen molar-refractivity contribution in [3.63, 3.8) is 0 Å². The molecule has 0 spiro atoms. The zero-order chi connectivity index (χ0) is 12.7. The van der Waals surface area contributed by atoms with Gasteiger partial charge in [-0.1, -0.05) is 6.42 Å². The zero-order valence-electron chi connectivity index (χ0n) is 10.8. The summed E-state index contributed by atoms with van der Waals surface area (Å²) in [4.78, 5) is 14.3. The number of nitrogens with two attached hydrogens (primary N) is 1. The highest BCUT2D eigenvalue weighted by atomic mass is 16.2. The van der Waals surface area contributed by atoms with Gasteiger partial charge in [0.1, 0.15) is 0 Å². The number of aromatic nitrogens is 2. The average Bonchev–Trinajstić information content (AvgIpc) is 3.00. The lowest BCUT2D eigenvalue weighted by Gasteiger charge is -2.16. The van der Waals surface area contributed by atoms with Crippen molar-refractivity contribution in [3.8, 4) is 0 Å². The van der Waals surface area contributed by atoms with Crippen LogP contribution in [0.25, 0.3) is 0 Å². The van der Waals surface area contributed by atoms with Crippen LogP contribution in [-0.4, -0.2) is 33.7 Å². The van der Waals surface area contributed by atoms with Crippen molar-refractivity contribution in [1.82, 2.24) is 14.7 Å². The number of hydrogen-bond donors (Lipinski definition) is 1. The van der Waals surface area contributed by atoms with Crippen molar-refractivity contribution in [2.75, 3.05) is 18.8 Å². The fraction of sp³-hybridized carbons (Fsp3) is 0.692. The van der Waals surface area contributed by atoms with E-state index >= 15 is 0 Å². The van der Waals surface area contributed by atoms with E-state index in [1.165, 1.54) is 19.3 Å². The summed E-state index contributed by atoms with van der Waals surface area (Å²) in [5, 5.41) is 4.27. The maximum Gasteiger partial charge on any atom is 0.276 e. The lowest BCUT2D eigenvalue weighted by Crippen LogP contribution is -2.30. The highest BCUT2D eigenvalue weighted by molar-refractivity contribution is 5.97. The molecule has 2 atom stereocenters. The Morgan fingerprint density at radius 1 is 1.44 bits per heavy atom. The van der Waals surface area contributed by atoms with E-state index in [0.717, 1.165) is 19.6 Å². The van der Waals surface area contributed by atoms with E-state index in [-0.39, 0.29) is 5.91 Å². The Hall–Kier alpha value is -1.52. The Labute approximate surface area is 107 Å². The second-order valence-electron chi connectivity index (χ2n) is 5.45. The number of nitrogens with zero attached hydrogens (tertiary/aromatic N) is 3. The number of anilines is 1. The van der Waals surface area contributed by atoms with Crippen LogP contribution < -0.4 is 5.73 Å². The number of aryl methyl sites for hydroxylation is 1. The van der Waals surface area contributed by atoms with Gasteiger partial charge in [-0.15, -0.1) is 0 Å². The van der Waals surface area contributed by atoms with E-state index in [9.17, 15) is 4.79 Å². The van der Waals surface area contributed by atoms with Gasteiger partial charge < -0.3 is 10.6 Å². The topological polar surface area (TPSA) is 64.2 Å². The number of carbonyl (C=O) groups excluding carboxylic acids is 1. The van der Waals surface area contributed by atoms with Gasteiger partial charge in [0.25, 0.3) is 5.91 Å². The molecule has 2 heterocycles. The number of likely N-dealkylation sites (tertiary alicyclic amines) is 1. The molecule has 1 saturated heterocycles. The predicted molar refractivity (Wildman–Crippen MR) is 69.0 cm³/mol. The Morgan fingerprint density at radius 2 is 2.11 bits per heavy atom. The molecule has 1 aromatic heterocycles. The summed E-state index contributed by atoms with van der Waals surface area (Å²) in [5.41, 5.74) is 6.80. The Kier molecular flexibility index (Phi) is 2.76. The van der Waals surface area contributed by atoms with Crippen LogP contribution in [0.3, 0.4) is 0 Å². The minimum atomic E-state index is 0.00843. The van der Waals surface area contributed by atoms with Crippen LogP contribution in [0.2, 0.25) is 0 Å². The molecule has 2 fully saturated rings. The van der Waals surface area contributed by atoms with E-state index in [1.807, 2.05) is 11.8 Å². The maximum absolute atomic E-state index is 12.4. The maximum atomic E-state index is 12.4. The fourth-order valence-corrected chi connectivity index (χ4v) is 3.32. The normalized spacial score (nSPS) is 26.6. The molecule has 1 saturated carbocycles. The molecule has 2 unspecified atom stereocenters. The van der Waals surface area contributed by atoms with Crippen LogP contribution >= 0.6 is 0 Å². The number of hydrogen-bond acceptors (Lipinski definition) is 3. The van der Waals surface area contributed by atoms with E-state index in [1.54, 1.807) is 10.9 Å².